The summed E-state index contributed by atoms with van der Waals surface area (Å²) in [5.74, 6) is 1.76. The Balaban J connectivity index is 0.845. The maximum atomic E-state index is 6.47. The van der Waals surface area contributed by atoms with Gasteiger partial charge in [0.15, 0.2) is 23.1 Å². The molecule has 14 rings (SSSR count). The van der Waals surface area contributed by atoms with Crippen molar-refractivity contribution in [2.24, 2.45) is 0 Å². The smallest absolute Gasteiger partial charge is 0.164 e. The van der Waals surface area contributed by atoms with Crippen molar-refractivity contribution in [3.63, 3.8) is 0 Å². The van der Waals surface area contributed by atoms with E-state index in [1.807, 2.05) is 30.3 Å². The fourth-order valence-corrected chi connectivity index (χ4v) is 9.96. The first-order chi connectivity index (χ1) is 33.2. The summed E-state index contributed by atoms with van der Waals surface area (Å²) in [5, 5.41) is 8.85. The summed E-state index contributed by atoms with van der Waals surface area (Å²) in [4.78, 5) is 19.7. The molecule has 0 aliphatic rings. The van der Waals surface area contributed by atoms with E-state index < -0.39 is 0 Å². The molecule has 0 radical (unpaired) electrons. The number of para-hydroxylation sites is 3. The van der Waals surface area contributed by atoms with Crippen LogP contribution in [0.25, 0.3) is 139 Å². The average molecular weight is 858 g/mol. The predicted molar refractivity (Wildman–Crippen MR) is 271 cm³/mol. The Morgan fingerprint density at radius 1 is 0.358 bits per heavy atom. The lowest BCUT2D eigenvalue weighted by atomic mass is 10.0. The van der Waals surface area contributed by atoms with Crippen molar-refractivity contribution in [3.8, 4) is 62.1 Å². The van der Waals surface area contributed by atoms with Crippen LogP contribution in [0.1, 0.15) is 0 Å². The van der Waals surface area contributed by atoms with Crippen LogP contribution in [-0.4, -0.2) is 24.5 Å². The molecule has 0 aliphatic carbocycles. The predicted octanol–water partition coefficient (Wildman–Crippen LogP) is 15.7. The molecule has 0 N–H and O–H groups in total. The zero-order chi connectivity index (χ0) is 44.0. The molecule has 5 heterocycles. The van der Waals surface area contributed by atoms with E-state index in [4.69, 9.17) is 23.8 Å². The average Bonchev–Trinajstić information content (AvgIpc) is 4.08. The Bertz CT molecular complexity index is 4280. The summed E-state index contributed by atoms with van der Waals surface area (Å²) in [6.07, 6.45) is 3.54. The molecule has 0 spiro atoms. The highest BCUT2D eigenvalue weighted by molar-refractivity contribution is 6.14. The van der Waals surface area contributed by atoms with Crippen LogP contribution in [0, 0.1) is 0 Å². The number of nitrogens with zero attached hydrogens (tertiary/aromatic N) is 5. The molecule has 0 saturated carbocycles. The Labute approximate surface area is 382 Å². The van der Waals surface area contributed by atoms with Gasteiger partial charge in [-0.1, -0.05) is 152 Å². The van der Waals surface area contributed by atoms with Gasteiger partial charge in [0.25, 0.3) is 0 Å². The van der Waals surface area contributed by atoms with E-state index in [1.54, 1.807) is 12.4 Å². The van der Waals surface area contributed by atoms with Gasteiger partial charge in [0.2, 0.25) is 0 Å². The SMILES string of the molecule is c1ccc2cc(-c3nc(-c4ccc(-c5ccc(-n6c7ccccc7c7ccc(-c8cccc9c8oc8ccccc89)cc76)cc5)cc4)nc(-c4cccc5oc6cnccc6c45)n3)ccc2c1. The Kier molecular flexibility index (Phi) is 8.15. The largest absolute Gasteiger partial charge is 0.455 e. The van der Waals surface area contributed by atoms with Crippen molar-refractivity contribution in [2.45, 2.75) is 0 Å². The molecule has 7 heteroatoms. The lowest BCUT2D eigenvalue weighted by Gasteiger charge is -2.11. The molecule has 67 heavy (non-hydrogen) atoms. The standard InChI is InChI=1S/C60H35N5O2/c1-2-10-40-33-42(24-21-36(40)9-1)59-62-58(63-60(64-59)50-15-8-18-54-56(50)49-31-32-61-35-55(49)66-54)39-22-19-37(20-23-39)38-25-28-43(29-26-38)65-51-16-5-3-11-45(51)46-30-27-41(34-52(46)65)44-13-7-14-48-47-12-4-6-17-53(47)67-57(44)48/h1-35H. The maximum absolute atomic E-state index is 6.47. The van der Waals surface area contributed by atoms with Crippen molar-refractivity contribution >= 4 is 76.5 Å². The summed E-state index contributed by atoms with van der Waals surface area (Å²) < 4.78 is 15.1. The van der Waals surface area contributed by atoms with Gasteiger partial charge in [-0.2, -0.15) is 0 Å². The molecule has 312 valence electrons. The lowest BCUT2D eigenvalue weighted by Crippen LogP contribution is -2.00. The topological polar surface area (TPSA) is 82.8 Å². The van der Waals surface area contributed by atoms with Crippen LogP contribution in [0.4, 0.5) is 0 Å². The van der Waals surface area contributed by atoms with Crippen LogP contribution in [0.5, 0.6) is 0 Å². The van der Waals surface area contributed by atoms with E-state index in [9.17, 15) is 0 Å². The molecule has 0 amide bonds. The number of benzene rings is 9. The minimum Gasteiger partial charge on any atom is -0.455 e. The second kappa shape index (κ2) is 14.7. The van der Waals surface area contributed by atoms with E-state index >= 15 is 0 Å². The highest BCUT2D eigenvalue weighted by Gasteiger charge is 2.20. The number of rotatable bonds is 6. The van der Waals surface area contributed by atoms with Gasteiger partial charge in [0.1, 0.15) is 16.7 Å². The second-order valence-corrected chi connectivity index (χ2v) is 17.0. The van der Waals surface area contributed by atoms with Crippen molar-refractivity contribution < 1.29 is 8.83 Å². The Hall–Kier alpha value is -9.20. The molecular formula is C60H35N5O2. The molecule has 0 unspecified atom stereocenters. The number of aromatic nitrogens is 5. The molecule has 0 saturated heterocycles. The molecule has 5 aromatic heterocycles. The lowest BCUT2D eigenvalue weighted by molar-refractivity contribution is 0.667. The van der Waals surface area contributed by atoms with Gasteiger partial charge in [0.05, 0.1) is 17.2 Å². The van der Waals surface area contributed by atoms with Gasteiger partial charge in [0, 0.05) is 66.5 Å². The first-order valence-electron chi connectivity index (χ1n) is 22.3. The first kappa shape index (κ1) is 37.2. The third kappa shape index (κ3) is 5.99. The van der Waals surface area contributed by atoms with Crippen molar-refractivity contribution in [1.82, 2.24) is 24.5 Å². The van der Waals surface area contributed by atoms with E-state index in [0.717, 1.165) is 110 Å². The molecule has 14 aromatic rings. The zero-order valence-electron chi connectivity index (χ0n) is 35.8. The van der Waals surface area contributed by atoms with E-state index in [2.05, 4.69) is 179 Å². The molecule has 0 bridgehead atoms. The van der Waals surface area contributed by atoms with Crippen LogP contribution < -0.4 is 0 Å². The number of furan rings is 2. The minimum absolute atomic E-state index is 0.571. The van der Waals surface area contributed by atoms with Crippen LogP contribution in [0.15, 0.2) is 221 Å². The maximum Gasteiger partial charge on any atom is 0.164 e. The van der Waals surface area contributed by atoms with E-state index in [-0.39, 0.29) is 0 Å². The van der Waals surface area contributed by atoms with Crippen LogP contribution >= 0.6 is 0 Å². The Morgan fingerprint density at radius 2 is 1.00 bits per heavy atom. The summed E-state index contributed by atoms with van der Waals surface area (Å²) in [6, 6.07) is 70.1. The van der Waals surface area contributed by atoms with Gasteiger partial charge < -0.3 is 13.4 Å². The van der Waals surface area contributed by atoms with Crippen LogP contribution in [-0.2, 0) is 0 Å². The molecule has 9 aromatic carbocycles. The monoisotopic (exact) mass is 857 g/mol. The molecular weight excluding hydrogens is 823 g/mol. The third-order valence-corrected chi connectivity index (χ3v) is 13.2. The highest BCUT2D eigenvalue weighted by Crippen LogP contribution is 2.41. The van der Waals surface area contributed by atoms with Gasteiger partial charge in [-0.3, -0.25) is 4.98 Å². The summed E-state index contributed by atoms with van der Waals surface area (Å²) in [7, 11) is 0. The van der Waals surface area contributed by atoms with E-state index in [0.29, 0.717) is 17.5 Å². The molecule has 0 atom stereocenters. The summed E-state index contributed by atoms with van der Waals surface area (Å²) >= 11 is 0. The second-order valence-electron chi connectivity index (χ2n) is 17.0. The third-order valence-electron chi connectivity index (χ3n) is 13.2. The fraction of sp³-hybridized carbons (Fsp3) is 0. The van der Waals surface area contributed by atoms with Crippen molar-refractivity contribution in [3.05, 3.63) is 213 Å². The van der Waals surface area contributed by atoms with Crippen molar-refractivity contribution in [2.75, 3.05) is 0 Å². The molecule has 0 aliphatic heterocycles. The van der Waals surface area contributed by atoms with E-state index in [1.165, 1.54) is 10.8 Å². The minimum atomic E-state index is 0.571. The van der Waals surface area contributed by atoms with Crippen molar-refractivity contribution in [1.29, 1.82) is 0 Å². The Morgan fingerprint density at radius 3 is 1.88 bits per heavy atom. The number of fused-ring (bicyclic) bond motifs is 10. The zero-order valence-corrected chi connectivity index (χ0v) is 35.8. The summed E-state index contributed by atoms with van der Waals surface area (Å²) in [6.45, 7) is 0. The quantitative estimate of drug-likeness (QED) is 0.166. The molecule has 0 fully saturated rings. The summed E-state index contributed by atoms with van der Waals surface area (Å²) in [5.41, 5.74) is 13.7. The number of pyridine rings is 1. The molecule has 7 nitrogen and oxygen atoms in total. The van der Waals surface area contributed by atoms with Gasteiger partial charge in [-0.05, 0) is 76.0 Å². The first-order valence-corrected chi connectivity index (χ1v) is 22.3. The number of hydrogen-bond donors (Lipinski definition) is 0. The number of hydrogen-bond acceptors (Lipinski definition) is 6. The van der Waals surface area contributed by atoms with Gasteiger partial charge >= 0.3 is 0 Å². The normalized spacial score (nSPS) is 11.9. The van der Waals surface area contributed by atoms with Crippen LogP contribution in [0.2, 0.25) is 0 Å². The van der Waals surface area contributed by atoms with Gasteiger partial charge in [-0.15, -0.1) is 0 Å². The van der Waals surface area contributed by atoms with Gasteiger partial charge in [-0.25, -0.2) is 15.0 Å². The highest BCUT2D eigenvalue weighted by atomic mass is 16.3. The fourth-order valence-electron chi connectivity index (χ4n) is 9.96. The van der Waals surface area contributed by atoms with Crippen LogP contribution in [0.3, 0.4) is 0 Å².